The van der Waals surface area contributed by atoms with Crippen molar-refractivity contribution in [3.05, 3.63) is 11.8 Å². The van der Waals surface area contributed by atoms with Crippen LogP contribution < -0.4 is 10.6 Å². The van der Waals surface area contributed by atoms with Crippen LogP contribution >= 0.6 is 0 Å². The Morgan fingerprint density at radius 2 is 2.12 bits per heavy atom. The number of hydrogen-bond donors (Lipinski definition) is 2. The second kappa shape index (κ2) is 5.34. The van der Waals surface area contributed by atoms with Gasteiger partial charge in [-0.15, -0.1) is 0 Å². The van der Waals surface area contributed by atoms with Crippen molar-refractivity contribution in [3.63, 3.8) is 0 Å². The highest BCUT2D eigenvalue weighted by Crippen LogP contribution is 2.39. The number of nitrogens with zero attached hydrogens (tertiary/aromatic N) is 2. The van der Waals surface area contributed by atoms with Crippen LogP contribution in [0.25, 0.3) is 0 Å². The first-order valence-corrected chi connectivity index (χ1v) is 6.62. The molecule has 4 nitrogen and oxygen atoms in total. The molecule has 4 heteroatoms. The summed E-state index contributed by atoms with van der Waals surface area (Å²) in [7, 11) is 0. The summed E-state index contributed by atoms with van der Waals surface area (Å²) in [5.41, 5.74) is 1.18. The molecule has 0 bridgehead atoms. The molecule has 0 aliphatic heterocycles. The van der Waals surface area contributed by atoms with Gasteiger partial charge in [0.05, 0.1) is 5.69 Å². The molecule has 1 saturated carbocycles. The molecule has 17 heavy (non-hydrogen) atoms. The number of anilines is 2. The maximum absolute atomic E-state index is 4.60. The summed E-state index contributed by atoms with van der Waals surface area (Å²) in [6.07, 6.45) is 3.62. The monoisotopic (exact) mass is 234 g/mol. The topological polar surface area (TPSA) is 49.8 Å². The number of nitrogens with one attached hydrogen (secondary N) is 2. The zero-order chi connectivity index (χ0) is 12.3. The molecule has 0 saturated heterocycles. The molecule has 1 aromatic heterocycles. The molecule has 0 spiro atoms. The van der Waals surface area contributed by atoms with E-state index in [4.69, 9.17) is 0 Å². The minimum absolute atomic E-state index is 0.416. The first-order chi connectivity index (χ1) is 8.22. The van der Waals surface area contributed by atoms with Gasteiger partial charge >= 0.3 is 0 Å². The van der Waals surface area contributed by atoms with Gasteiger partial charge in [0.1, 0.15) is 5.82 Å². The number of aromatic nitrogens is 2. The molecule has 0 amide bonds. The van der Waals surface area contributed by atoms with Crippen molar-refractivity contribution >= 4 is 11.8 Å². The van der Waals surface area contributed by atoms with Crippen LogP contribution in [0.4, 0.5) is 11.8 Å². The summed E-state index contributed by atoms with van der Waals surface area (Å²) in [6, 6.07) is 2.50. The Balaban J connectivity index is 2.17. The summed E-state index contributed by atoms with van der Waals surface area (Å²) in [5.74, 6) is 2.36. The predicted molar refractivity (Wildman–Crippen MR) is 71.5 cm³/mol. The minimum Gasteiger partial charge on any atom is -0.370 e. The molecule has 1 atom stereocenters. The van der Waals surface area contributed by atoms with E-state index in [0.717, 1.165) is 24.7 Å². The number of hydrogen-bond acceptors (Lipinski definition) is 4. The zero-order valence-electron chi connectivity index (χ0n) is 11.0. The second-order valence-corrected chi connectivity index (χ2v) is 4.76. The lowest BCUT2D eigenvalue weighted by atomic mass is 10.2. The fourth-order valence-corrected chi connectivity index (χ4v) is 1.71. The van der Waals surface area contributed by atoms with Crippen molar-refractivity contribution in [1.29, 1.82) is 0 Å². The van der Waals surface area contributed by atoms with Gasteiger partial charge in [0.15, 0.2) is 0 Å². The van der Waals surface area contributed by atoms with Crippen LogP contribution in [0.15, 0.2) is 6.07 Å². The van der Waals surface area contributed by atoms with Gasteiger partial charge in [-0.05, 0) is 33.1 Å². The highest BCUT2D eigenvalue weighted by Gasteiger charge is 2.26. The maximum Gasteiger partial charge on any atom is 0.225 e. The Hall–Kier alpha value is -1.32. The van der Waals surface area contributed by atoms with Gasteiger partial charge in [-0.3, -0.25) is 0 Å². The van der Waals surface area contributed by atoms with Gasteiger partial charge in [-0.25, -0.2) is 4.98 Å². The van der Waals surface area contributed by atoms with Gasteiger partial charge < -0.3 is 10.6 Å². The quantitative estimate of drug-likeness (QED) is 0.794. The van der Waals surface area contributed by atoms with Crippen LogP contribution in [0.3, 0.4) is 0 Å². The molecule has 94 valence electrons. The van der Waals surface area contributed by atoms with Crippen LogP contribution in [0.2, 0.25) is 0 Å². The first-order valence-electron chi connectivity index (χ1n) is 6.62. The molecule has 2 rings (SSSR count). The van der Waals surface area contributed by atoms with E-state index >= 15 is 0 Å². The average molecular weight is 234 g/mol. The summed E-state index contributed by atoms with van der Waals surface area (Å²) < 4.78 is 0. The van der Waals surface area contributed by atoms with Crippen LogP contribution in [-0.2, 0) is 0 Å². The molecule has 1 aliphatic rings. The lowest BCUT2D eigenvalue weighted by molar-refractivity contribution is 0.750. The van der Waals surface area contributed by atoms with Crippen molar-refractivity contribution in [1.82, 2.24) is 9.97 Å². The van der Waals surface area contributed by atoms with Crippen LogP contribution in [-0.4, -0.2) is 22.6 Å². The minimum atomic E-state index is 0.416. The van der Waals surface area contributed by atoms with E-state index in [2.05, 4.69) is 47.4 Å². The fraction of sp³-hybridized carbons (Fsp3) is 0.692. The molecular weight excluding hydrogens is 212 g/mol. The normalized spacial score (nSPS) is 16.6. The predicted octanol–water partition coefficient (Wildman–Crippen LogP) is 3.00. The summed E-state index contributed by atoms with van der Waals surface area (Å²) in [5, 5.41) is 6.62. The van der Waals surface area contributed by atoms with E-state index in [1.807, 2.05) is 0 Å². The molecule has 2 N–H and O–H groups in total. The first kappa shape index (κ1) is 12.1. The molecule has 0 radical (unpaired) electrons. The van der Waals surface area contributed by atoms with Crippen molar-refractivity contribution in [3.8, 4) is 0 Å². The second-order valence-electron chi connectivity index (χ2n) is 4.76. The standard InChI is InChI=1S/C13H22N4/c1-4-9(3)15-13-16-11(10-6-7-10)8-12(17-13)14-5-2/h8-10H,4-7H2,1-3H3,(H2,14,15,16,17)/t9-/m0/s1. The Morgan fingerprint density at radius 1 is 1.35 bits per heavy atom. The van der Waals surface area contributed by atoms with E-state index in [1.54, 1.807) is 0 Å². The van der Waals surface area contributed by atoms with E-state index < -0.39 is 0 Å². The third-order valence-corrected chi connectivity index (χ3v) is 3.09. The van der Waals surface area contributed by atoms with Crippen LogP contribution in [0.1, 0.15) is 51.6 Å². The smallest absolute Gasteiger partial charge is 0.225 e. The molecule has 1 fully saturated rings. The van der Waals surface area contributed by atoms with Crippen molar-refractivity contribution in [2.24, 2.45) is 0 Å². The Morgan fingerprint density at radius 3 is 2.71 bits per heavy atom. The van der Waals surface area contributed by atoms with Crippen LogP contribution in [0.5, 0.6) is 0 Å². The van der Waals surface area contributed by atoms with E-state index in [-0.39, 0.29) is 0 Å². The largest absolute Gasteiger partial charge is 0.370 e. The maximum atomic E-state index is 4.60. The highest BCUT2D eigenvalue weighted by molar-refractivity contribution is 5.44. The summed E-state index contributed by atoms with van der Waals surface area (Å²) in [6.45, 7) is 7.29. The van der Waals surface area contributed by atoms with E-state index in [9.17, 15) is 0 Å². The molecule has 0 aromatic carbocycles. The third-order valence-electron chi connectivity index (χ3n) is 3.09. The lowest BCUT2D eigenvalue weighted by Gasteiger charge is -2.13. The Labute approximate surface area is 103 Å². The van der Waals surface area contributed by atoms with Crippen LogP contribution in [0, 0.1) is 0 Å². The van der Waals surface area contributed by atoms with E-state index in [1.165, 1.54) is 18.5 Å². The summed E-state index contributed by atoms with van der Waals surface area (Å²) >= 11 is 0. The number of rotatable bonds is 6. The van der Waals surface area contributed by atoms with Gasteiger partial charge in [0.25, 0.3) is 0 Å². The third kappa shape index (κ3) is 3.32. The SMILES string of the molecule is CCNc1cc(C2CC2)nc(N[C@@H](C)CC)n1. The average Bonchev–Trinajstić information content (AvgIpc) is 3.12. The van der Waals surface area contributed by atoms with Crippen molar-refractivity contribution in [2.75, 3.05) is 17.2 Å². The molecular formula is C13H22N4. The molecule has 1 aromatic rings. The fourth-order valence-electron chi connectivity index (χ4n) is 1.71. The van der Waals surface area contributed by atoms with Crippen molar-refractivity contribution in [2.45, 2.75) is 52.0 Å². The molecule has 0 unspecified atom stereocenters. The van der Waals surface area contributed by atoms with Gasteiger partial charge in [-0.1, -0.05) is 6.92 Å². The highest BCUT2D eigenvalue weighted by atomic mass is 15.2. The van der Waals surface area contributed by atoms with Crippen molar-refractivity contribution < 1.29 is 0 Å². The van der Waals surface area contributed by atoms with Gasteiger partial charge in [0.2, 0.25) is 5.95 Å². The van der Waals surface area contributed by atoms with E-state index in [0.29, 0.717) is 12.0 Å². The van der Waals surface area contributed by atoms with Gasteiger partial charge in [-0.2, -0.15) is 4.98 Å². The summed E-state index contributed by atoms with van der Waals surface area (Å²) in [4.78, 5) is 9.09. The lowest BCUT2D eigenvalue weighted by Crippen LogP contribution is -2.17. The molecule has 1 heterocycles. The van der Waals surface area contributed by atoms with Gasteiger partial charge in [0, 0.05) is 24.6 Å². The molecule has 1 aliphatic carbocycles. The zero-order valence-corrected chi connectivity index (χ0v) is 11.0. The Kier molecular flexibility index (Phi) is 3.82. The Bertz CT molecular complexity index is 374.